The van der Waals surface area contributed by atoms with Crippen molar-refractivity contribution in [1.82, 2.24) is 0 Å². The van der Waals surface area contributed by atoms with Crippen molar-refractivity contribution in [3.63, 3.8) is 0 Å². The van der Waals surface area contributed by atoms with E-state index in [4.69, 9.17) is 19.3 Å². The summed E-state index contributed by atoms with van der Waals surface area (Å²) in [5, 5.41) is 9.16. The highest BCUT2D eigenvalue weighted by Crippen LogP contribution is 2.28. The van der Waals surface area contributed by atoms with Gasteiger partial charge in [0.2, 0.25) is 0 Å². The largest absolute Gasteiger partial charge is 0.490 e. The maximum Gasteiger partial charge on any atom is 0.161 e. The quantitative estimate of drug-likeness (QED) is 0.721. The summed E-state index contributed by atoms with van der Waals surface area (Å²) < 4.78 is 17.8. The molecule has 0 bridgehead atoms. The fourth-order valence-electron chi connectivity index (χ4n) is 1.91. The molecule has 0 aliphatic heterocycles. The molecule has 0 aromatic heterocycles. The topological polar surface area (TPSA) is 47.9 Å². The Labute approximate surface area is 138 Å². The molecule has 0 fully saturated rings. The number of aliphatic hydroxyl groups excluding tert-OH is 1. The zero-order valence-electron chi connectivity index (χ0n) is 12.4. The first-order chi connectivity index (χ1) is 10.7. The Morgan fingerprint density at radius 1 is 0.955 bits per heavy atom. The summed E-state index contributed by atoms with van der Waals surface area (Å²) in [6.45, 7) is 3.27. The minimum atomic E-state index is -0.0215. The smallest absolute Gasteiger partial charge is 0.161 e. The van der Waals surface area contributed by atoms with Gasteiger partial charge < -0.3 is 19.3 Å². The van der Waals surface area contributed by atoms with Gasteiger partial charge in [-0.05, 0) is 42.8 Å². The molecular weight excluding hydrogens is 348 g/mol. The molecule has 1 N–H and O–H groups in total. The molecule has 0 saturated carbocycles. The first kappa shape index (κ1) is 16.6. The van der Waals surface area contributed by atoms with Gasteiger partial charge in [0.1, 0.15) is 19.0 Å². The molecule has 0 radical (unpaired) electrons. The van der Waals surface area contributed by atoms with E-state index in [1.807, 2.05) is 37.3 Å². The van der Waals surface area contributed by atoms with E-state index in [1.54, 1.807) is 12.1 Å². The molecule has 2 aromatic carbocycles. The van der Waals surface area contributed by atoms with Crippen LogP contribution in [0, 0.1) is 0 Å². The van der Waals surface area contributed by atoms with Crippen molar-refractivity contribution in [3.05, 3.63) is 52.5 Å². The third-order valence-corrected chi connectivity index (χ3v) is 3.39. The van der Waals surface area contributed by atoms with Gasteiger partial charge in [0.05, 0.1) is 13.2 Å². The number of ether oxygens (including phenoxy) is 3. The Kier molecular flexibility index (Phi) is 6.55. The van der Waals surface area contributed by atoms with E-state index in [0.29, 0.717) is 31.3 Å². The average molecular weight is 367 g/mol. The Balaban J connectivity index is 1.88. The summed E-state index contributed by atoms with van der Waals surface area (Å²) in [5.41, 5.74) is 0.793. The number of rotatable bonds is 8. The van der Waals surface area contributed by atoms with Crippen molar-refractivity contribution in [1.29, 1.82) is 0 Å². The SMILES string of the molecule is CCOc1cc(CO)ccc1OCCOc1cccc(Br)c1. The lowest BCUT2D eigenvalue weighted by Crippen LogP contribution is -2.10. The first-order valence-corrected chi connectivity index (χ1v) is 7.90. The van der Waals surface area contributed by atoms with Gasteiger partial charge in [-0.25, -0.2) is 0 Å². The van der Waals surface area contributed by atoms with Crippen molar-refractivity contribution in [2.75, 3.05) is 19.8 Å². The van der Waals surface area contributed by atoms with Gasteiger partial charge in [0, 0.05) is 4.47 Å². The number of halogens is 1. The normalized spacial score (nSPS) is 10.3. The second kappa shape index (κ2) is 8.66. The minimum absolute atomic E-state index is 0.0215. The Hall–Kier alpha value is -1.72. The highest BCUT2D eigenvalue weighted by molar-refractivity contribution is 9.10. The summed E-state index contributed by atoms with van der Waals surface area (Å²) >= 11 is 3.40. The molecule has 5 heteroatoms. The van der Waals surface area contributed by atoms with E-state index < -0.39 is 0 Å². The van der Waals surface area contributed by atoms with E-state index in [9.17, 15) is 0 Å². The van der Waals surface area contributed by atoms with Gasteiger partial charge in [0.15, 0.2) is 11.5 Å². The third-order valence-electron chi connectivity index (χ3n) is 2.90. The second-order valence-corrected chi connectivity index (χ2v) is 5.44. The lowest BCUT2D eigenvalue weighted by atomic mass is 10.2. The van der Waals surface area contributed by atoms with Crippen molar-refractivity contribution in [2.24, 2.45) is 0 Å². The van der Waals surface area contributed by atoms with Crippen LogP contribution in [0.2, 0.25) is 0 Å². The van der Waals surface area contributed by atoms with Gasteiger partial charge in [-0.2, -0.15) is 0 Å². The minimum Gasteiger partial charge on any atom is -0.490 e. The molecule has 0 aliphatic rings. The van der Waals surface area contributed by atoms with Crippen LogP contribution in [0.1, 0.15) is 12.5 Å². The molecule has 2 aromatic rings. The zero-order valence-corrected chi connectivity index (χ0v) is 14.0. The number of aliphatic hydroxyl groups is 1. The molecule has 118 valence electrons. The van der Waals surface area contributed by atoms with Gasteiger partial charge in [0.25, 0.3) is 0 Å². The van der Waals surface area contributed by atoms with Gasteiger partial charge >= 0.3 is 0 Å². The average Bonchev–Trinajstić information content (AvgIpc) is 2.53. The summed E-state index contributed by atoms with van der Waals surface area (Å²) in [4.78, 5) is 0. The predicted octanol–water partition coefficient (Wildman–Crippen LogP) is 3.80. The van der Waals surface area contributed by atoms with Crippen LogP contribution >= 0.6 is 15.9 Å². The number of hydrogen-bond acceptors (Lipinski definition) is 4. The summed E-state index contributed by atoms with van der Waals surface area (Å²) in [7, 11) is 0. The summed E-state index contributed by atoms with van der Waals surface area (Å²) in [5.74, 6) is 2.08. The monoisotopic (exact) mass is 366 g/mol. The van der Waals surface area contributed by atoms with Crippen LogP contribution in [-0.4, -0.2) is 24.9 Å². The molecular formula is C17H19BrO4. The molecule has 0 unspecified atom stereocenters. The Bertz CT molecular complexity index is 601. The van der Waals surface area contributed by atoms with E-state index in [2.05, 4.69) is 15.9 Å². The van der Waals surface area contributed by atoms with Gasteiger partial charge in [-0.1, -0.05) is 28.1 Å². The van der Waals surface area contributed by atoms with Crippen LogP contribution in [0.25, 0.3) is 0 Å². The van der Waals surface area contributed by atoms with Crippen LogP contribution in [0.3, 0.4) is 0 Å². The van der Waals surface area contributed by atoms with Crippen LogP contribution in [-0.2, 0) is 6.61 Å². The van der Waals surface area contributed by atoms with Crippen LogP contribution in [0.15, 0.2) is 46.9 Å². The molecule has 0 aliphatic carbocycles. The highest BCUT2D eigenvalue weighted by atomic mass is 79.9. The molecule has 0 atom stereocenters. The molecule has 0 saturated heterocycles. The lowest BCUT2D eigenvalue weighted by Gasteiger charge is -2.13. The molecule has 0 heterocycles. The van der Waals surface area contributed by atoms with E-state index in [0.717, 1.165) is 15.8 Å². The van der Waals surface area contributed by atoms with E-state index >= 15 is 0 Å². The van der Waals surface area contributed by atoms with Crippen LogP contribution in [0.5, 0.6) is 17.2 Å². The standard InChI is InChI=1S/C17H19BrO4/c1-2-20-17-10-13(12-19)6-7-16(17)22-9-8-21-15-5-3-4-14(18)11-15/h3-7,10-11,19H,2,8-9,12H2,1H3. The number of hydrogen-bond donors (Lipinski definition) is 1. The second-order valence-electron chi connectivity index (χ2n) is 4.53. The molecule has 2 rings (SSSR count). The van der Waals surface area contributed by atoms with Crippen molar-refractivity contribution in [3.8, 4) is 17.2 Å². The molecule has 22 heavy (non-hydrogen) atoms. The van der Waals surface area contributed by atoms with Gasteiger partial charge in [-0.15, -0.1) is 0 Å². The zero-order chi connectivity index (χ0) is 15.8. The van der Waals surface area contributed by atoms with Crippen LogP contribution in [0.4, 0.5) is 0 Å². The Morgan fingerprint density at radius 3 is 2.50 bits per heavy atom. The predicted molar refractivity (Wildman–Crippen MR) is 88.7 cm³/mol. The van der Waals surface area contributed by atoms with E-state index in [-0.39, 0.29) is 6.61 Å². The fourth-order valence-corrected chi connectivity index (χ4v) is 2.28. The lowest BCUT2D eigenvalue weighted by molar-refractivity contribution is 0.208. The third kappa shape index (κ3) is 4.93. The fraction of sp³-hybridized carbons (Fsp3) is 0.294. The van der Waals surface area contributed by atoms with E-state index in [1.165, 1.54) is 0 Å². The summed E-state index contributed by atoms with van der Waals surface area (Å²) in [6.07, 6.45) is 0. The molecule has 0 amide bonds. The van der Waals surface area contributed by atoms with Crippen LogP contribution < -0.4 is 14.2 Å². The molecule has 4 nitrogen and oxygen atoms in total. The maximum absolute atomic E-state index is 9.16. The van der Waals surface area contributed by atoms with Crippen molar-refractivity contribution < 1.29 is 19.3 Å². The van der Waals surface area contributed by atoms with Crippen molar-refractivity contribution in [2.45, 2.75) is 13.5 Å². The first-order valence-electron chi connectivity index (χ1n) is 7.10. The maximum atomic E-state index is 9.16. The van der Waals surface area contributed by atoms with Gasteiger partial charge in [-0.3, -0.25) is 0 Å². The highest BCUT2D eigenvalue weighted by Gasteiger charge is 2.06. The summed E-state index contributed by atoms with van der Waals surface area (Å²) in [6, 6.07) is 13.1. The Morgan fingerprint density at radius 2 is 1.77 bits per heavy atom. The molecule has 0 spiro atoms. The number of benzene rings is 2. The van der Waals surface area contributed by atoms with Crippen molar-refractivity contribution >= 4 is 15.9 Å².